The molecule has 1 N–H and O–H groups in total. The number of carbonyl (C=O) groups is 1. The van der Waals surface area contributed by atoms with E-state index in [-0.39, 0.29) is 24.0 Å². The third-order valence-corrected chi connectivity index (χ3v) is 3.72. The summed E-state index contributed by atoms with van der Waals surface area (Å²) in [6.45, 7) is 0. The van der Waals surface area contributed by atoms with Crippen LogP contribution in [0.25, 0.3) is 0 Å². The summed E-state index contributed by atoms with van der Waals surface area (Å²) in [5.41, 5.74) is 0. The lowest BCUT2D eigenvalue weighted by molar-refractivity contribution is -0.149. The van der Waals surface area contributed by atoms with Crippen LogP contribution in [0.2, 0.25) is 0 Å². The Labute approximate surface area is 83.2 Å². The van der Waals surface area contributed by atoms with E-state index in [0.717, 1.165) is 12.8 Å². The quantitative estimate of drug-likeness (QED) is 0.730. The molecule has 4 nitrogen and oxygen atoms in total. The third-order valence-electron chi connectivity index (χ3n) is 3.72. The molecular formula is C10H16O4. The molecule has 0 aliphatic heterocycles. The first kappa shape index (κ1) is 9.93. The predicted molar refractivity (Wildman–Crippen MR) is 48.9 cm³/mol. The number of ether oxygens (including phenoxy) is 2. The molecule has 0 saturated heterocycles. The van der Waals surface area contributed by atoms with Crippen molar-refractivity contribution in [3.63, 3.8) is 0 Å². The van der Waals surface area contributed by atoms with Gasteiger partial charge >= 0.3 is 5.97 Å². The molecule has 14 heavy (non-hydrogen) atoms. The van der Waals surface area contributed by atoms with Crippen LogP contribution in [0.3, 0.4) is 0 Å². The number of fused-ring (bicyclic) bond motifs is 2. The molecule has 0 aromatic heterocycles. The third kappa shape index (κ3) is 1.25. The fourth-order valence-corrected chi connectivity index (χ4v) is 3.17. The van der Waals surface area contributed by atoms with Crippen molar-refractivity contribution < 1.29 is 19.4 Å². The summed E-state index contributed by atoms with van der Waals surface area (Å²) in [6.07, 6.45) is 1.76. The van der Waals surface area contributed by atoms with E-state index >= 15 is 0 Å². The molecule has 4 heteroatoms. The van der Waals surface area contributed by atoms with E-state index < -0.39 is 5.97 Å². The van der Waals surface area contributed by atoms with Crippen molar-refractivity contribution in [2.75, 3.05) is 14.2 Å². The molecule has 0 amide bonds. The zero-order chi connectivity index (χ0) is 10.3. The highest BCUT2D eigenvalue weighted by molar-refractivity contribution is 5.71. The van der Waals surface area contributed by atoms with Crippen LogP contribution in [-0.2, 0) is 14.3 Å². The minimum absolute atomic E-state index is 0.0279. The number of hydrogen-bond acceptors (Lipinski definition) is 3. The van der Waals surface area contributed by atoms with Gasteiger partial charge in [0, 0.05) is 20.1 Å². The molecule has 2 saturated carbocycles. The molecular weight excluding hydrogens is 184 g/mol. The first-order chi connectivity index (χ1) is 6.69. The summed E-state index contributed by atoms with van der Waals surface area (Å²) in [5.74, 6) is -0.394. The fourth-order valence-electron chi connectivity index (χ4n) is 3.17. The second-order valence-corrected chi connectivity index (χ2v) is 4.24. The van der Waals surface area contributed by atoms with E-state index in [1.54, 1.807) is 14.2 Å². The van der Waals surface area contributed by atoms with Crippen molar-refractivity contribution in [2.24, 2.45) is 17.8 Å². The van der Waals surface area contributed by atoms with Crippen LogP contribution in [0.15, 0.2) is 0 Å². The molecule has 0 heterocycles. The molecule has 0 radical (unpaired) electrons. The molecule has 2 rings (SSSR count). The van der Waals surface area contributed by atoms with Crippen LogP contribution in [-0.4, -0.2) is 37.5 Å². The summed E-state index contributed by atoms with van der Waals surface area (Å²) in [4.78, 5) is 11.0. The fraction of sp³-hybridized carbons (Fsp3) is 0.900. The first-order valence-electron chi connectivity index (χ1n) is 4.97. The maximum absolute atomic E-state index is 11.0. The van der Waals surface area contributed by atoms with Crippen LogP contribution < -0.4 is 0 Å². The highest BCUT2D eigenvalue weighted by Crippen LogP contribution is 2.50. The maximum atomic E-state index is 11.0. The molecule has 2 aliphatic rings. The van der Waals surface area contributed by atoms with Gasteiger partial charge in [-0.2, -0.15) is 0 Å². The number of methoxy groups -OCH3 is 2. The molecule has 0 spiro atoms. The second kappa shape index (κ2) is 3.51. The SMILES string of the molecule is COC1C2CC(C(=O)O)C(C2)C1OC. The average Bonchev–Trinajstić information content (AvgIpc) is 2.72. The maximum Gasteiger partial charge on any atom is 0.306 e. The highest BCUT2D eigenvalue weighted by atomic mass is 16.5. The summed E-state index contributed by atoms with van der Waals surface area (Å²) < 4.78 is 10.7. The smallest absolute Gasteiger partial charge is 0.306 e. The number of carboxylic acids is 1. The van der Waals surface area contributed by atoms with Crippen LogP contribution in [0, 0.1) is 17.8 Å². The average molecular weight is 200 g/mol. The number of carboxylic acid groups (broad SMARTS) is 1. The van der Waals surface area contributed by atoms with Gasteiger partial charge in [0.1, 0.15) is 0 Å². The summed E-state index contributed by atoms with van der Waals surface area (Å²) >= 11 is 0. The second-order valence-electron chi connectivity index (χ2n) is 4.24. The summed E-state index contributed by atoms with van der Waals surface area (Å²) in [6, 6.07) is 0. The molecule has 2 fully saturated rings. The van der Waals surface area contributed by atoms with Crippen LogP contribution >= 0.6 is 0 Å². The van der Waals surface area contributed by atoms with E-state index in [1.807, 2.05) is 0 Å². The molecule has 80 valence electrons. The Bertz CT molecular complexity index is 240. The van der Waals surface area contributed by atoms with Gasteiger partial charge < -0.3 is 14.6 Å². The minimum atomic E-state index is -0.686. The van der Waals surface area contributed by atoms with Crippen LogP contribution in [0.4, 0.5) is 0 Å². The Morgan fingerprint density at radius 2 is 1.86 bits per heavy atom. The molecule has 2 bridgehead atoms. The Morgan fingerprint density at radius 3 is 2.36 bits per heavy atom. The molecule has 5 atom stereocenters. The Kier molecular flexibility index (Phi) is 2.49. The van der Waals surface area contributed by atoms with Crippen molar-refractivity contribution >= 4 is 5.97 Å². The minimum Gasteiger partial charge on any atom is -0.481 e. The van der Waals surface area contributed by atoms with Gasteiger partial charge in [0.25, 0.3) is 0 Å². The number of aliphatic carboxylic acids is 1. The van der Waals surface area contributed by atoms with E-state index in [9.17, 15) is 4.79 Å². The lowest BCUT2D eigenvalue weighted by Crippen LogP contribution is -2.41. The first-order valence-corrected chi connectivity index (χ1v) is 4.97. The van der Waals surface area contributed by atoms with Gasteiger partial charge in [0.2, 0.25) is 0 Å². The van der Waals surface area contributed by atoms with Crippen molar-refractivity contribution in [2.45, 2.75) is 25.0 Å². The van der Waals surface area contributed by atoms with E-state index in [2.05, 4.69) is 0 Å². The monoisotopic (exact) mass is 200 g/mol. The zero-order valence-electron chi connectivity index (χ0n) is 8.47. The van der Waals surface area contributed by atoms with E-state index in [1.165, 1.54) is 0 Å². The van der Waals surface area contributed by atoms with Gasteiger partial charge in [0.05, 0.1) is 18.1 Å². The van der Waals surface area contributed by atoms with Crippen LogP contribution in [0.1, 0.15) is 12.8 Å². The van der Waals surface area contributed by atoms with E-state index in [4.69, 9.17) is 14.6 Å². The van der Waals surface area contributed by atoms with Gasteiger partial charge in [-0.05, 0) is 18.8 Å². The van der Waals surface area contributed by atoms with Crippen molar-refractivity contribution in [3.05, 3.63) is 0 Å². The Morgan fingerprint density at radius 1 is 1.21 bits per heavy atom. The Hall–Kier alpha value is -0.610. The highest BCUT2D eigenvalue weighted by Gasteiger charge is 2.55. The van der Waals surface area contributed by atoms with Crippen LogP contribution in [0.5, 0.6) is 0 Å². The van der Waals surface area contributed by atoms with Gasteiger partial charge in [-0.15, -0.1) is 0 Å². The molecule has 0 aromatic rings. The van der Waals surface area contributed by atoms with Gasteiger partial charge in [-0.1, -0.05) is 0 Å². The topological polar surface area (TPSA) is 55.8 Å². The molecule has 5 unspecified atom stereocenters. The Balaban J connectivity index is 2.14. The van der Waals surface area contributed by atoms with Gasteiger partial charge in [-0.3, -0.25) is 4.79 Å². The largest absolute Gasteiger partial charge is 0.481 e. The number of hydrogen-bond donors (Lipinski definition) is 1. The van der Waals surface area contributed by atoms with Gasteiger partial charge in [0.15, 0.2) is 0 Å². The lowest BCUT2D eigenvalue weighted by Gasteiger charge is -2.32. The van der Waals surface area contributed by atoms with Crippen molar-refractivity contribution in [3.8, 4) is 0 Å². The zero-order valence-corrected chi connectivity index (χ0v) is 8.47. The summed E-state index contributed by atoms with van der Waals surface area (Å²) in [5, 5.41) is 9.01. The molecule has 2 aliphatic carbocycles. The van der Waals surface area contributed by atoms with Crippen molar-refractivity contribution in [1.82, 2.24) is 0 Å². The normalized spacial score (nSPS) is 45.7. The number of rotatable bonds is 3. The molecule has 0 aromatic carbocycles. The lowest BCUT2D eigenvalue weighted by atomic mass is 9.85. The van der Waals surface area contributed by atoms with E-state index in [0.29, 0.717) is 5.92 Å². The van der Waals surface area contributed by atoms with Gasteiger partial charge in [-0.25, -0.2) is 0 Å². The summed E-state index contributed by atoms with van der Waals surface area (Å²) in [7, 11) is 3.31. The van der Waals surface area contributed by atoms with Crippen molar-refractivity contribution in [1.29, 1.82) is 0 Å². The predicted octanol–water partition coefficient (Wildman–Crippen LogP) is 0.757. The standard InChI is InChI=1S/C10H16O4/c1-13-8-5-3-6(9(8)14-2)7(4-5)10(11)12/h5-9H,3-4H2,1-2H3,(H,11,12).